The minimum atomic E-state index is -3.54. The second kappa shape index (κ2) is 8.31. The van der Waals surface area contributed by atoms with Gasteiger partial charge >= 0.3 is 0 Å². The van der Waals surface area contributed by atoms with E-state index in [1.807, 2.05) is 20.0 Å². The van der Waals surface area contributed by atoms with Gasteiger partial charge in [0.2, 0.25) is 10.0 Å². The van der Waals surface area contributed by atoms with E-state index in [1.165, 1.54) is 12.1 Å². The summed E-state index contributed by atoms with van der Waals surface area (Å²) in [7, 11) is -1.55. The van der Waals surface area contributed by atoms with Crippen LogP contribution in [0.2, 0.25) is 0 Å². The van der Waals surface area contributed by atoms with Crippen LogP contribution in [0.4, 0.5) is 4.39 Å². The summed E-state index contributed by atoms with van der Waals surface area (Å²) in [5, 5.41) is 4.50. The number of aromatic nitrogens is 2. The number of rotatable bonds is 6. The molecule has 3 rings (SSSR count). The summed E-state index contributed by atoms with van der Waals surface area (Å²) in [4.78, 5) is 1.42. The largest absolute Gasteiger partial charge is 0.315 e. The molecule has 1 atom stereocenters. The van der Waals surface area contributed by atoms with Crippen LogP contribution in [0.1, 0.15) is 36.7 Å². The molecule has 0 radical (unpaired) electrons. The Bertz CT molecular complexity index is 934. The minimum Gasteiger partial charge on any atom is -0.315 e. The van der Waals surface area contributed by atoms with Crippen LogP contribution in [-0.4, -0.2) is 42.6 Å². The van der Waals surface area contributed by atoms with Crippen LogP contribution in [-0.2, 0) is 23.2 Å². The van der Waals surface area contributed by atoms with Crippen molar-refractivity contribution in [3.63, 3.8) is 0 Å². The molecule has 0 bridgehead atoms. The van der Waals surface area contributed by atoms with Crippen LogP contribution < -0.4 is 4.90 Å². The Kier molecular flexibility index (Phi) is 6.21. The number of nitrogens with one attached hydrogen (secondary N) is 1. The average molecular weight is 410 g/mol. The summed E-state index contributed by atoms with van der Waals surface area (Å²) in [6.07, 6.45) is 1.79. The molecule has 1 aromatic carbocycles. The smallest absolute Gasteiger partial charge is 0.246 e. The van der Waals surface area contributed by atoms with E-state index in [0.29, 0.717) is 48.5 Å². The minimum absolute atomic E-state index is 0.249. The van der Waals surface area contributed by atoms with E-state index >= 15 is 0 Å². The van der Waals surface area contributed by atoms with Crippen LogP contribution in [0, 0.1) is 25.6 Å². The number of hydrogen-bond acceptors (Lipinski definition) is 3. The van der Waals surface area contributed by atoms with Crippen molar-refractivity contribution in [3.8, 4) is 0 Å². The van der Waals surface area contributed by atoms with Gasteiger partial charge in [0.15, 0.2) is 6.67 Å². The quantitative estimate of drug-likeness (QED) is 0.791. The lowest BCUT2D eigenvalue weighted by atomic mass is 10.0. The molecule has 1 aromatic heterocycles. The fraction of sp³-hybridized carbons (Fsp3) is 0.550. The van der Waals surface area contributed by atoms with Gasteiger partial charge in [-0.25, -0.2) is 17.5 Å². The molecule has 0 aliphatic carbocycles. The molecular formula is C20H30FN4O2S+. The fourth-order valence-electron chi connectivity index (χ4n) is 3.87. The highest BCUT2D eigenvalue weighted by molar-refractivity contribution is 7.89. The van der Waals surface area contributed by atoms with Crippen molar-refractivity contribution < 1.29 is 17.7 Å². The fourth-order valence-corrected chi connectivity index (χ4v) is 5.71. The van der Waals surface area contributed by atoms with E-state index in [1.54, 1.807) is 22.0 Å². The molecule has 1 saturated heterocycles. The Morgan fingerprint density at radius 3 is 2.57 bits per heavy atom. The number of halogens is 1. The van der Waals surface area contributed by atoms with E-state index in [0.717, 1.165) is 23.3 Å². The predicted octanol–water partition coefficient (Wildman–Crippen LogP) is 1.73. The molecule has 1 unspecified atom stereocenters. The molecule has 28 heavy (non-hydrogen) atoms. The van der Waals surface area contributed by atoms with Crippen LogP contribution in [0.5, 0.6) is 0 Å². The Balaban J connectivity index is 1.77. The molecule has 154 valence electrons. The number of aryl methyl sites for hydroxylation is 1. The van der Waals surface area contributed by atoms with Crippen molar-refractivity contribution in [1.82, 2.24) is 14.1 Å². The van der Waals surface area contributed by atoms with Crippen LogP contribution in [0.3, 0.4) is 0 Å². The molecule has 0 spiro atoms. The third-order valence-corrected chi connectivity index (χ3v) is 7.62. The van der Waals surface area contributed by atoms with Gasteiger partial charge in [-0.2, -0.15) is 9.40 Å². The number of sulfonamides is 1. The van der Waals surface area contributed by atoms with E-state index in [-0.39, 0.29) is 5.82 Å². The van der Waals surface area contributed by atoms with Gasteiger partial charge in [0, 0.05) is 18.7 Å². The summed E-state index contributed by atoms with van der Waals surface area (Å²) in [6, 6.07) is 6.54. The molecule has 0 saturated carbocycles. The van der Waals surface area contributed by atoms with Crippen molar-refractivity contribution >= 4 is 10.0 Å². The van der Waals surface area contributed by atoms with E-state index in [4.69, 9.17) is 0 Å². The highest BCUT2D eigenvalue weighted by Crippen LogP contribution is 2.27. The SMILES string of the molecule is Cc1nn(C[NH+](C)Cc2cccc(F)c2)c(C)c1S(=O)(=O)N1CCC(C)CC1. The molecule has 1 aliphatic rings. The van der Waals surface area contributed by atoms with Gasteiger partial charge in [-0.3, -0.25) is 0 Å². The topological polar surface area (TPSA) is 59.6 Å². The highest BCUT2D eigenvalue weighted by Gasteiger charge is 2.33. The zero-order valence-electron chi connectivity index (χ0n) is 17.1. The number of benzene rings is 1. The van der Waals surface area contributed by atoms with Gasteiger partial charge in [0.05, 0.1) is 18.4 Å². The second-order valence-corrected chi connectivity index (χ2v) is 9.88. The lowest BCUT2D eigenvalue weighted by molar-refractivity contribution is -0.917. The van der Waals surface area contributed by atoms with Crippen molar-refractivity contribution in [2.45, 2.75) is 51.7 Å². The number of nitrogens with zero attached hydrogens (tertiary/aromatic N) is 3. The summed E-state index contributed by atoms with van der Waals surface area (Å²) in [6.45, 7) is 8.00. The maximum absolute atomic E-state index is 13.4. The first-order chi connectivity index (χ1) is 13.2. The molecule has 1 aliphatic heterocycles. The standard InChI is InChI=1S/C20H29FN4O2S/c1-15-8-10-24(11-9-15)28(26,27)20-16(2)22-25(17(20)3)14-23(4)13-18-6-5-7-19(21)12-18/h5-7,12,15H,8-11,13-14H2,1-4H3/p+1. The summed E-state index contributed by atoms with van der Waals surface area (Å²) < 4.78 is 43.1. The third kappa shape index (κ3) is 4.45. The molecule has 6 nitrogen and oxygen atoms in total. The van der Waals surface area contributed by atoms with E-state index in [9.17, 15) is 12.8 Å². The predicted molar refractivity (Wildman–Crippen MR) is 106 cm³/mol. The monoisotopic (exact) mass is 409 g/mol. The number of piperidine rings is 1. The lowest BCUT2D eigenvalue weighted by Crippen LogP contribution is -3.07. The lowest BCUT2D eigenvalue weighted by Gasteiger charge is -2.29. The van der Waals surface area contributed by atoms with Crippen molar-refractivity contribution in [3.05, 3.63) is 47.0 Å². The van der Waals surface area contributed by atoms with E-state index in [2.05, 4.69) is 12.0 Å². The Morgan fingerprint density at radius 1 is 1.25 bits per heavy atom. The normalized spacial score (nSPS) is 17.8. The average Bonchev–Trinajstić information content (AvgIpc) is 2.89. The molecule has 2 aromatic rings. The maximum Gasteiger partial charge on any atom is 0.246 e. The summed E-state index contributed by atoms with van der Waals surface area (Å²) >= 11 is 0. The van der Waals surface area contributed by atoms with Gasteiger partial charge < -0.3 is 4.90 Å². The second-order valence-electron chi connectivity index (χ2n) is 8.01. The van der Waals surface area contributed by atoms with Crippen LogP contribution in [0.15, 0.2) is 29.2 Å². The van der Waals surface area contributed by atoms with Gasteiger partial charge in [-0.15, -0.1) is 0 Å². The van der Waals surface area contributed by atoms with Crippen LogP contribution >= 0.6 is 0 Å². The maximum atomic E-state index is 13.4. The van der Waals surface area contributed by atoms with Gasteiger partial charge in [-0.1, -0.05) is 19.1 Å². The van der Waals surface area contributed by atoms with Gasteiger partial charge in [0.1, 0.15) is 17.3 Å². The highest BCUT2D eigenvalue weighted by atomic mass is 32.2. The van der Waals surface area contributed by atoms with Crippen LogP contribution in [0.25, 0.3) is 0 Å². The Hall–Kier alpha value is -1.77. The molecule has 1 N–H and O–H groups in total. The zero-order valence-corrected chi connectivity index (χ0v) is 17.9. The first kappa shape index (κ1) is 21.0. The van der Waals surface area contributed by atoms with Gasteiger partial charge in [-0.05, 0) is 44.7 Å². The Labute approximate surface area is 167 Å². The Morgan fingerprint density at radius 2 is 1.93 bits per heavy atom. The molecule has 2 heterocycles. The number of hydrogen-bond donors (Lipinski definition) is 1. The first-order valence-corrected chi connectivity index (χ1v) is 11.2. The molecular weight excluding hydrogens is 379 g/mol. The first-order valence-electron chi connectivity index (χ1n) is 9.78. The van der Waals surface area contributed by atoms with E-state index < -0.39 is 10.0 Å². The van der Waals surface area contributed by atoms with Crippen molar-refractivity contribution in [1.29, 1.82) is 0 Å². The third-order valence-electron chi connectivity index (χ3n) is 5.47. The molecule has 0 amide bonds. The zero-order chi connectivity index (χ0) is 20.5. The van der Waals surface area contributed by atoms with Crippen molar-refractivity contribution in [2.75, 3.05) is 20.1 Å². The summed E-state index contributed by atoms with van der Waals surface area (Å²) in [5.41, 5.74) is 2.10. The molecule has 1 fully saturated rings. The number of quaternary nitrogens is 1. The van der Waals surface area contributed by atoms with Crippen molar-refractivity contribution in [2.24, 2.45) is 5.92 Å². The summed E-state index contributed by atoms with van der Waals surface area (Å²) in [5.74, 6) is 0.317. The van der Waals surface area contributed by atoms with Gasteiger partial charge in [0.25, 0.3) is 0 Å². The molecule has 8 heteroatoms.